The van der Waals surface area contributed by atoms with Crippen molar-refractivity contribution in [2.45, 2.75) is 36.6 Å². The van der Waals surface area contributed by atoms with Gasteiger partial charge in [0.2, 0.25) is 0 Å². The molecule has 1 saturated carbocycles. The van der Waals surface area contributed by atoms with E-state index in [1.165, 1.54) is 11.8 Å². The fraction of sp³-hybridized carbons (Fsp3) is 0.533. The first-order valence-electron chi connectivity index (χ1n) is 6.77. The number of terminal acetylenes is 1. The number of hydrogen-bond donors (Lipinski definition) is 4. The van der Waals surface area contributed by atoms with Crippen molar-refractivity contribution < 1.29 is 15.3 Å². The van der Waals surface area contributed by atoms with Crippen molar-refractivity contribution in [2.75, 3.05) is 18.2 Å². The number of aliphatic hydroxyl groups excluding tert-OH is 3. The zero-order valence-corrected chi connectivity index (χ0v) is 12.9. The van der Waals surface area contributed by atoms with Gasteiger partial charge >= 0.3 is 0 Å². The van der Waals surface area contributed by atoms with Crippen molar-refractivity contribution in [1.82, 2.24) is 4.98 Å². The van der Waals surface area contributed by atoms with Gasteiger partial charge < -0.3 is 20.6 Å². The molecular formula is C15H20N2O3S. The molecule has 0 bridgehead atoms. The van der Waals surface area contributed by atoms with Gasteiger partial charge in [-0.3, -0.25) is 0 Å². The summed E-state index contributed by atoms with van der Waals surface area (Å²) in [4.78, 5) is 4.45. The third kappa shape index (κ3) is 3.16. The van der Waals surface area contributed by atoms with E-state index in [9.17, 15) is 15.3 Å². The van der Waals surface area contributed by atoms with Crippen LogP contribution in [0.25, 0.3) is 0 Å². The van der Waals surface area contributed by atoms with Crippen LogP contribution >= 0.6 is 11.8 Å². The summed E-state index contributed by atoms with van der Waals surface area (Å²) in [6.07, 6.45) is 6.05. The van der Waals surface area contributed by atoms with Crippen molar-refractivity contribution in [3.05, 3.63) is 17.2 Å². The van der Waals surface area contributed by atoms with Crippen LogP contribution < -0.4 is 5.32 Å². The zero-order valence-electron chi connectivity index (χ0n) is 12.1. The molecule has 4 N–H and O–H groups in total. The summed E-state index contributed by atoms with van der Waals surface area (Å²) in [5, 5.41) is 33.1. The summed E-state index contributed by atoms with van der Waals surface area (Å²) in [5.74, 6) is 2.81. The monoisotopic (exact) mass is 308 g/mol. The van der Waals surface area contributed by atoms with Gasteiger partial charge in [-0.2, -0.15) is 0 Å². The van der Waals surface area contributed by atoms with Crippen LogP contribution in [-0.2, 0) is 0 Å². The largest absolute Gasteiger partial charge is 0.396 e. The summed E-state index contributed by atoms with van der Waals surface area (Å²) < 4.78 is 0. The van der Waals surface area contributed by atoms with Crippen molar-refractivity contribution in [2.24, 2.45) is 5.92 Å². The van der Waals surface area contributed by atoms with Gasteiger partial charge in [0.15, 0.2) is 0 Å². The summed E-state index contributed by atoms with van der Waals surface area (Å²) in [5.41, 5.74) is 1.59. The molecule has 0 spiro atoms. The molecule has 0 amide bonds. The van der Waals surface area contributed by atoms with Crippen molar-refractivity contribution in [1.29, 1.82) is 0 Å². The highest BCUT2D eigenvalue weighted by molar-refractivity contribution is 7.98. The van der Waals surface area contributed by atoms with Gasteiger partial charge in [0, 0.05) is 12.5 Å². The Bertz CT molecular complexity index is 559. The third-order valence-electron chi connectivity index (χ3n) is 3.91. The van der Waals surface area contributed by atoms with Gasteiger partial charge in [-0.05, 0) is 31.2 Å². The second-order valence-corrected chi connectivity index (χ2v) is 6.09. The minimum absolute atomic E-state index is 0.157. The number of rotatable bonds is 4. The quantitative estimate of drug-likeness (QED) is 0.482. The number of pyridine rings is 1. The van der Waals surface area contributed by atoms with Crippen LogP contribution in [0.5, 0.6) is 0 Å². The molecule has 114 valence electrons. The first kappa shape index (κ1) is 16.1. The SMILES string of the molecule is C#Cc1c(C)cc(SC)nc1NC1CC(CO)[C@@H](O)[C@H]1O. The van der Waals surface area contributed by atoms with Crippen molar-refractivity contribution >= 4 is 17.6 Å². The lowest BCUT2D eigenvalue weighted by atomic mass is 10.1. The molecule has 1 aromatic rings. The molecule has 0 aromatic carbocycles. The van der Waals surface area contributed by atoms with Crippen LogP contribution in [0, 0.1) is 25.2 Å². The number of nitrogens with one attached hydrogen (secondary N) is 1. The molecule has 21 heavy (non-hydrogen) atoms. The van der Waals surface area contributed by atoms with Crippen molar-refractivity contribution in [3.8, 4) is 12.3 Å². The Balaban J connectivity index is 2.27. The summed E-state index contributed by atoms with van der Waals surface area (Å²) in [6.45, 7) is 1.76. The number of aliphatic hydroxyl groups is 3. The van der Waals surface area contributed by atoms with E-state index in [1.807, 2.05) is 19.2 Å². The maximum absolute atomic E-state index is 10.1. The van der Waals surface area contributed by atoms with Crippen LogP contribution in [0.2, 0.25) is 0 Å². The minimum atomic E-state index is -0.951. The number of aromatic nitrogens is 1. The number of aryl methyl sites for hydroxylation is 1. The number of thioether (sulfide) groups is 1. The van der Waals surface area contributed by atoms with Gasteiger partial charge in [0.25, 0.3) is 0 Å². The maximum Gasteiger partial charge on any atom is 0.143 e. The molecule has 0 radical (unpaired) electrons. The van der Waals surface area contributed by atoms with E-state index >= 15 is 0 Å². The molecule has 4 atom stereocenters. The second kappa shape index (κ2) is 6.67. The fourth-order valence-corrected chi connectivity index (χ4v) is 3.14. The molecule has 1 aliphatic rings. The van der Waals surface area contributed by atoms with E-state index in [0.717, 1.165) is 10.6 Å². The van der Waals surface area contributed by atoms with Crippen LogP contribution in [-0.4, -0.2) is 51.4 Å². The van der Waals surface area contributed by atoms with Gasteiger partial charge in [0.05, 0.1) is 22.7 Å². The lowest BCUT2D eigenvalue weighted by Crippen LogP contribution is -2.35. The third-order valence-corrected chi connectivity index (χ3v) is 4.53. The Labute approximate surface area is 128 Å². The molecule has 2 rings (SSSR count). The van der Waals surface area contributed by atoms with E-state index in [2.05, 4.69) is 16.2 Å². The van der Waals surface area contributed by atoms with Gasteiger partial charge in [-0.25, -0.2) is 4.98 Å². The highest BCUT2D eigenvalue weighted by atomic mass is 32.2. The molecule has 0 aliphatic heterocycles. The average molecular weight is 308 g/mol. The average Bonchev–Trinajstić information content (AvgIpc) is 2.74. The van der Waals surface area contributed by atoms with E-state index in [4.69, 9.17) is 6.42 Å². The lowest BCUT2D eigenvalue weighted by Gasteiger charge is -2.20. The molecule has 0 saturated heterocycles. The molecule has 1 heterocycles. The molecule has 6 heteroatoms. The molecular weight excluding hydrogens is 288 g/mol. The number of anilines is 1. The Morgan fingerprint density at radius 2 is 2.19 bits per heavy atom. The van der Waals surface area contributed by atoms with Crippen LogP contribution in [0.3, 0.4) is 0 Å². The Morgan fingerprint density at radius 3 is 2.71 bits per heavy atom. The summed E-state index contributed by atoms with van der Waals surface area (Å²) in [6, 6.07) is 1.54. The normalized spacial score (nSPS) is 28.4. The van der Waals surface area contributed by atoms with Crippen LogP contribution in [0.1, 0.15) is 17.5 Å². The molecule has 2 unspecified atom stereocenters. The highest BCUT2D eigenvalue weighted by Gasteiger charge is 2.41. The first-order chi connectivity index (χ1) is 10.0. The van der Waals surface area contributed by atoms with Crippen molar-refractivity contribution in [3.63, 3.8) is 0 Å². The molecule has 1 fully saturated rings. The number of hydrogen-bond acceptors (Lipinski definition) is 6. The maximum atomic E-state index is 10.1. The predicted molar refractivity (Wildman–Crippen MR) is 83.3 cm³/mol. The van der Waals surface area contributed by atoms with E-state index in [-0.39, 0.29) is 18.6 Å². The lowest BCUT2D eigenvalue weighted by molar-refractivity contribution is 0.00445. The summed E-state index contributed by atoms with van der Waals surface area (Å²) >= 11 is 1.51. The van der Waals surface area contributed by atoms with E-state index in [1.54, 1.807) is 0 Å². The van der Waals surface area contributed by atoms with Gasteiger partial charge in [-0.1, -0.05) is 5.92 Å². The van der Waals surface area contributed by atoms with E-state index < -0.39 is 12.2 Å². The highest BCUT2D eigenvalue weighted by Crippen LogP contribution is 2.30. The van der Waals surface area contributed by atoms with Gasteiger partial charge in [-0.15, -0.1) is 18.2 Å². The van der Waals surface area contributed by atoms with E-state index in [0.29, 0.717) is 17.8 Å². The zero-order chi connectivity index (χ0) is 15.6. The van der Waals surface area contributed by atoms with Crippen LogP contribution in [0.4, 0.5) is 5.82 Å². The second-order valence-electron chi connectivity index (χ2n) is 5.26. The molecule has 1 aliphatic carbocycles. The fourth-order valence-electron chi connectivity index (χ4n) is 2.66. The molecule has 5 nitrogen and oxygen atoms in total. The Hall–Kier alpha value is -1.26. The minimum Gasteiger partial charge on any atom is -0.396 e. The predicted octanol–water partition coefficient (Wildman–Crippen LogP) is 0.608. The molecule has 1 aromatic heterocycles. The Kier molecular flexibility index (Phi) is 5.12. The topological polar surface area (TPSA) is 85.6 Å². The smallest absolute Gasteiger partial charge is 0.143 e. The summed E-state index contributed by atoms with van der Waals surface area (Å²) in [7, 11) is 0. The Morgan fingerprint density at radius 1 is 1.48 bits per heavy atom. The van der Waals surface area contributed by atoms with Crippen LogP contribution in [0.15, 0.2) is 11.1 Å². The number of nitrogens with zero attached hydrogens (tertiary/aromatic N) is 1. The first-order valence-corrected chi connectivity index (χ1v) is 8.00. The van der Waals surface area contributed by atoms with Gasteiger partial charge in [0.1, 0.15) is 11.9 Å². The standard InChI is InChI=1S/C15H20N2O3S/c1-4-10-8(2)5-12(21-3)17-15(10)16-11-6-9(7-18)13(19)14(11)20/h1,5,9,11,13-14,18-20H,6-7H2,2-3H3,(H,16,17)/t9?,11?,13-,14+/m1/s1.